The Balaban J connectivity index is 2.49. The predicted octanol–water partition coefficient (Wildman–Crippen LogP) is 1.86. The number of piperidine rings is 1. The first-order valence-electron chi connectivity index (χ1n) is 13.0. The maximum Gasteiger partial charge on any atom is 0.302 e. The molecule has 2 aromatic rings. The van der Waals surface area contributed by atoms with Gasteiger partial charge in [0.25, 0.3) is 6.54 Å². The van der Waals surface area contributed by atoms with Crippen LogP contribution in [-0.2, 0) is 4.79 Å². The van der Waals surface area contributed by atoms with Gasteiger partial charge in [0.15, 0.2) is 0 Å². The Bertz CT molecular complexity index is 1270. The second-order valence-corrected chi connectivity index (χ2v) is 5.10. The van der Waals surface area contributed by atoms with Crippen LogP contribution in [0.15, 0.2) is 12.3 Å². The zero-order chi connectivity index (χ0) is 27.8. The molecule has 1 saturated heterocycles. The minimum Gasteiger partial charge on any atom is -0.354 e. The third-order valence-electron chi connectivity index (χ3n) is 3.34. The Kier molecular flexibility index (Phi) is 1.91. The summed E-state index contributed by atoms with van der Waals surface area (Å²) in [7, 11) is 0. The number of rotatable bonds is 3. The van der Waals surface area contributed by atoms with Crippen LogP contribution in [0.2, 0.25) is 0 Å². The van der Waals surface area contributed by atoms with E-state index in [0.717, 1.165) is 6.92 Å². The van der Waals surface area contributed by atoms with Crippen molar-refractivity contribution >= 4 is 22.8 Å². The highest BCUT2D eigenvalue weighted by Crippen LogP contribution is 2.29. The molecule has 7 nitrogen and oxygen atoms in total. The predicted molar refractivity (Wildman–Crippen MR) is 92.6 cm³/mol. The number of likely N-dealkylation sites (tertiary alicyclic amines) is 1. The van der Waals surface area contributed by atoms with E-state index >= 15 is 0 Å². The van der Waals surface area contributed by atoms with Crippen molar-refractivity contribution in [1.29, 1.82) is 0 Å². The molecule has 0 unspecified atom stereocenters. The Morgan fingerprint density at radius 3 is 3.33 bits per heavy atom. The number of aryl methyl sites for hydroxylation is 1. The fourth-order valence-electron chi connectivity index (χ4n) is 2.19. The van der Waals surface area contributed by atoms with Gasteiger partial charge in [-0.05, 0) is 25.3 Å². The van der Waals surface area contributed by atoms with Crippen molar-refractivity contribution in [3.63, 3.8) is 0 Å². The first-order chi connectivity index (χ1) is 16.2. The monoisotopic (exact) mass is 338 g/mol. The van der Waals surface area contributed by atoms with Gasteiger partial charge in [0.1, 0.15) is 19.1 Å². The molecular formula is C17H22N6O. The van der Waals surface area contributed by atoms with Crippen LogP contribution in [-0.4, -0.2) is 58.3 Å². The molecule has 1 aliphatic heterocycles. The lowest BCUT2D eigenvalue weighted by Gasteiger charge is -2.41. The summed E-state index contributed by atoms with van der Waals surface area (Å²) in [6, 6.07) is -3.63. The van der Waals surface area contributed by atoms with Crippen molar-refractivity contribution in [2.75, 3.05) is 31.4 Å². The first-order valence-corrected chi connectivity index (χ1v) is 6.99. The van der Waals surface area contributed by atoms with Gasteiger partial charge in [-0.1, -0.05) is 6.92 Å². The highest BCUT2D eigenvalue weighted by molar-refractivity contribution is 5.88. The highest BCUT2D eigenvalue weighted by Gasteiger charge is 2.33. The van der Waals surface area contributed by atoms with Gasteiger partial charge in [0.05, 0.1) is 16.9 Å². The van der Waals surface area contributed by atoms with E-state index in [1.807, 2.05) is 0 Å². The Hall–Kier alpha value is -2.62. The summed E-state index contributed by atoms with van der Waals surface area (Å²) < 4.78 is 101. The molecule has 2 atom stereocenters. The standard InChI is InChI=1S/C17H22N6O/c1-11-5-6-23(15(24)8-18-3)9-14(11)22(4)17-13-7-12(2)21-16(13)19-10-20-17/h7,10-11,14H,5-6,8-9H2,1-2,4H3,(H,19,20,21)/t11-,14+/m1/s1/i4D3,5D2,6D2,7D,9D2,10D,14D. The van der Waals surface area contributed by atoms with Crippen LogP contribution in [0.25, 0.3) is 15.9 Å². The number of hydrogen-bond donors (Lipinski definition) is 1. The summed E-state index contributed by atoms with van der Waals surface area (Å²) in [6.45, 7) is -2.19. The van der Waals surface area contributed by atoms with E-state index in [4.69, 9.17) is 21.7 Å². The number of carbonyl (C=O) groups is 1. The van der Waals surface area contributed by atoms with Crippen LogP contribution in [0.4, 0.5) is 5.82 Å². The van der Waals surface area contributed by atoms with Gasteiger partial charge in [0.2, 0.25) is 0 Å². The molecule has 3 rings (SSSR count). The number of anilines is 1. The topological polar surface area (TPSA) is 69.5 Å². The minimum atomic E-state index is -3.56. The van der Waals surface area contributed by atoms with Gasteiger partial charge in [-0.25, -0.2) is 16.5 Å². The molecule has 0 spiro atoms. The van der Waals surface area contributed by atoms with Crippen LogP contribution in [0.5, 0.6) is 0 Å². The Labute approximate surface area is 158 Å². The van der Waals surface area contributed by atoms with Crippen molar-refractivity contribution in [2.24, 2.45) is 5.92 Å². The molecule has 1 fully saturated rings. The van der Waals surface area contributed by atoms with Gasteiger partial charge < -0.3 is 19.6 Å². The number of likely N-dealkylation sites (N-methyl/N-ethyl adjacent to an activating group) is 1. The lowest BCUT2D eigenvalue weighted by molar-refractivity contribution is -0.130. The molecule has 0 aromatic carbocycles. The smallest absolute Gasteiger partial charge is 0.302 e. The summed E-state index contributed by atoms with van der Waals surface area (Å²) >= 11 is 0. The highest BCUT2D eigenvalue weighted by atomic mass is 16.2. The Morgan fingerprint density at radius 1 is 1.75 bits per heavy atom. The zero-order valence-electron chi connectivity index (χ0n) is 24.9. The van der Waals surface area contributed by atoms with Crippen LogP contribution < -0.4 is 4.90 Å². The molecule has 0 saturated carbocycles. The summed E-state index contributed by atoms with van der Waals surface area (Å²) in [4.78, 5) is 25.7. The number of carbonyl (C=O) groups excluding carboxylic acids is 1. The van der Waals surface area contributed by atoms with Gasteiger partial charge in [0, 0.05) is 35.3 Å². The average Bonchev–Trinajstić information content (AvgIpc) is 2.98. The molecule has 1 N–H and O–H groups in total. The number of fused-ring (bicyclic) bond motifs is 1. The first kappa shape index (κ1) is 7.09. The second-order valence-electron chi connectivity index (χ2n) is 5.10. The van der Waals surface area contributed by atoms with Crippen molar-refractivity contribution in [1.82, 2.24) is 19.9 Å². The van der Waals surface area contributed by atoms with Crippen LogP contribution in [0, 0.1) is 19.4 Å². The average molecular weight is 338 g/mol. The number of H-pyrrole nitrogens is 1. The summed E-state index contributed by atoms with van der Waals surface area (Å²) in [5.41, 5.74) is 0.0320. The van der Waals surface area contributed by atoms with Crippen molar-refractivity contribution in [2.45, 2.75) is 26.2 Å². The van der Waals surface area contributed by atoms with E-state index in [1.54, 1.807) is 0 Å². The van der Waals surface area contributed by atoms with Crippen molar-refractivity contribution < 1.29 is 21.2 Å². The SMILES string of the molecule is [2H]c1nc(N(C([2H])([2H])[2H])[C@]2([2H])[C@H](C)C([2H])([2H])C([2H])([2H])N(C(=O)C[N+]#[C-])C2([2H])[2H])c2c([2H])c(C)[nH]c2n1. The van der Waals surface area contributed by atoms with Crippen LogP contribution in [0.1, 0.15) is 35.4 Å². The molecule has 1 amide bonds. The minimum absolute atomic E-state index is 0.100. The lowest BCUT2D eigenvalue weighted by atomic mass is 9.92. The summed E-state index contributed by atoms with van der Waals surface area (Å²) in [5.74, 6) is -4.34. The molecule has 24 heavy (non-hydrogen) atoms. The molecule has 0 radical (unpaired) electrons. The maximum absolute atomic E-state index is 12.8. The number of nitrogens with zero attached hydrogens (tertiary/aromatic N) is 5. The normalized spacial score (nSPS) is 38.0. The number of aromatic amines is 1. The molecule has 3 heterocycles. The molecule has 126 valence electrons. The molecule has 1 aliphatic rings. The van der Waals surface area contributed by atoms with E-state index in [0.29, 0.717) is 0 Å². The molecule has 0 aliphatic carbocycles. The Morgan fingerprint density at radius 2 is 2.58 bits per heavy atom. The summed E-state index contributed by atoms with van der Waals surface area (Å²) in [6.07, 6.45) is -3.96. The third-order valence-corrected chi connectivity index (χ3v) is 3.34. The quantitative estimate of drug-likeness (QED) is 0.867. The zero-order valence-corrected chi connectivity index (χ0v) is 12.9. The number of hydrogen-bond acceptors (Lipinski definition) is 4. The van der Waals surface area contributed by atoms with Crippen molar-refractivity contribution in [3.05, 3.63) is 29.5 Å². The van der Waals surface area contributed by atoms with Gasteiger partial charge >= 0.3 is 5.91 Å². The molecular weight excluding hydrogens is 304 g/mol. The maximum atomic E-state index is 12.8. The number of nitrogens with one attached hydrogen (secondary N) is 1. The van der Waals surface area contributed by atoms with Crippen molar-refractivity contribution in [3.8, 4) is 0 Å². The number of aromatic nitrogens is 3. The summed E-state index contributed by atoms with van der Waals surface area (Å²) in [5, 5.41) is -0.289. The van der Waals surface area contributed by atoms with E-state index in [1.165, 1.54) is 6.92 Å². The molecule has 2 aromatic heterocycles. The fraction of sp³-hybridized carbons (Fsp3) is 0.529. The third kappa shape index (κ3) is 2.92. The van der Waals surface area contributed by atoms with Crippen LogP contribution >= 0.6 is 0 Å². The van der Waals surface area contributed by atoms with E-state index in [9.17, 15) is 6.17 Å². The van der Waals surface area contributed by atoms with Crippen LogP contribution in [0.3, 0.4) is 0 Å². The van der Waals surface area contributed by atoms with E-state index in [-0.39, 0.29) is 32.6 Å². The van der Waals surface area contributed by atoms with Gasteiger partial charge in [-0.3, -0.25) is 4.79 Å². The molecule has 7 heteroatoms. The second kappa shape index (κ2) is 6.48. The lowest BCUT2D eigenvalue weighted by Crippen LogP contribution is -2.53. The van der Waals surface area contributed by atoms with E-state index < -0.39 is 62.9 Å². The van der Waals surface area contributed by atoms with Gasteiger partial charge in [-0.2, -0.15) is 0 Å². The van der Waals surface area contributed by atoms with E-state index in [2.05, 4.69) is 19.8 Å². The molecule has 0 bridgehead atoms. The fourth-order valence-corrected chi connectivity index (χ4v) is 2.19. The largest absolute Gasteiger partial charge is 0.354 e. The van der Waals surface area contributed by atoms with Gasteiger partial charge in [-0.15, -0.1) is 0 Å². The number of amides is 1.